The number of aromatic nitrogens is 1. The number of hydrogen-bond donors (Lipinski definition) is 0. The zero-order valence-electron chi connectivity index (χ0n) is 25.7. The predicted octanol–water partition coefficient (Wildman–Crippen LogP) is 13.3. The van der Waals surface area contributed by atoms with Crippen LogP contribution in [0.4, 0.5) is 11.4 Å². The highest BCUT2D eigenvalue weighted by molar-refractivity contribution is 7.25. The molecule has 0 N–H and O–H groups in total. The fourth-order valence-corrected chi connectivity index (χ4v) is 8.01. The van der Waals surface area contributed by atoms with Crippen LogP contribution >= 0.6 is 11.3 Å². The molecule has 3 nitrogen and oxygen atoms in total. The highest BCUT2D eigenvalue weighted by Gasteiger charge is 2.16. The third-order valence-corrected chi connectivity index (χ3v) is 10.3. The lowest BCUT2D eigenvalue weighted by molar-refractivity contribution is 1.18. The molecule has 0 fully saturated rings. The molecule has 2 heterocycles. The summed E-state index contributed by atoms with van der Waals surface area (Å²) in [7, 11) is 0. The molecule has 0 atom stereocenters. The fraction of sp³-hybridized carbons (Fsp3) is 0. The van der Waals surface area contributed by atoms with Crippen molar-refractivity contribution in [3.63, 3.8) is 0 Å². The molecule has 0 amide bonds. The van der Waals surface area contributed by atoms with Gasteiger partial charge in [0.1, 0.15) is 0 Å². The van der Waals surface area contributed by atoms with E-state index in [0.717, 1.165) is 60.9 Å². The Morgan fingerprint density at radius 2 is 1.04 bits per heavy atom. The summed E-state index contributed by atoms with van der Waals surface area (Å²) in [6.45, 7) is 15.7. The summed E-state index contributed by atoms with van der Waals surface area (Å²) < 4.78 is 4.79. The van der Waals surface area contributed by atoms with Gasteiger partial charge in [-0.25, -0.2) is 9.69 Å². The summed E-state index contributed by atoms with van der Waals surface area (Å²) in [4.78, 5) is 7.62. The van der Waals surface area contributed by atoms with Crippen molar-refractivity contribution in [2.24, 2.45) is 0 Å². The maximum absolute atomic E-state index is 8.07. The van der Waals surface area contributed by atoms with Gasteiger partial charge in [0.2, 0.25) is 0 Å². The monoisotopic (exact) mass is 627 g/mol. The van der Waals surface area contributed by atoms with Crippen LogP contribution in [0.3, 0.4) is 0 Å². The Morgan fingerprint density at radius 1 is 0.396 bits per heavy atom. The molecule has 2 aromatic heterocycles. The van der Waals surface area contributed by atoms with Gasteiger partial charge in [-0.15, -0.1) is 11.3 Å². The minimum absolute atomic E-state index is 0.573. The van der Waals surface area contributed by atoms with Gasteiger partial charge in [0.25, 0.3) is 0 Å². The largest absolute Gasteiger partial charge is 0.311 e. The maximum atomic E-state index is 8.07. The maximum Gasteiger partial charge on any atom is 0.189 e. The molecule has 0 radical (unpaired) electrons. The van der Waals surface area contributed by atoms with Crippen LogP contribution in [0.2, 0.25) is 0 Å². The number of para-hydroxylation sites is 1. The first-order valence-electron chi connectivity index (χ1n) is 15.7. The van der Waals surface area contributed by atoms with Crippen LogP contribution in [0.1, 0.15) is 0 Å². The van der Waals surface area contributed by atoms with Gasteiger partial charge in [-0.3, -0.25) is 0 Å². The first kappa shape index (κ1) is 27.8. The highest BCUT2D eigenvalue weighted by atomic mass is 32.1. The summed E-state index contributed by atoms with van der Waals surface area (Å²) in [5.74, 6) is 0. The minimum Gasteiger partial charge on any atom is -0.311 e. The zero-order chi connectivity index (χ0) is 32.2. The topological polar surface area (TPSA) is 13.6 Å². The van der Waals surface area contributed by atoms with Crippen LogP contribution < -0.4 is 0 Å². The lowest BCUT2D eigenvalue weighted by atomic mass is 9.92. The quantitative estimate of drug-likeness (QED) is 0.172. The number of hydrogen-bond acceptors (Lipinski definition) is 1. The summed E-state index contributed by atoms with van der Waals surface area (Å²) in [5.41, 5.74) is 10.7. The van der Waals surface area contributed by atoms with Gasteiger partial charge in [0.15, 0.2) is 11.4 Å². The number of fused-ring (bicyclic) bond motifs is 6. The van der Waals surface area contributed by atoms with Gasteiger partial charge < -0.3 is 4.57 Å². The smallest absolute Gasteiger partial charge is 0.189 e. The molecule has 0 spiro atoms. The number of nitrogens with zero attached hydrogens (tertiary/aromatic N) is 3. The van der Waals surface area contributed by atoms with Crippen molar-refractivity contribution in [3.8, 4) is 39.1 Å². The van der Waals surface area contributed by atoms with E-state index in [1.165, 1.54) is 20.2 Å². The first-order chi connectivity index (χ1) is 23.7. The lowest BCUT2D eigenvalue weighted by Gasteiger charge is -2.15. The van der Waals surface area contributed by atoms with Crippen LogP contribution in [-0.4, -0.2) is 4.57 Å². The van der Waals surface area contributed by atoms with Crippen molar-refractivity contribution in [2.75, 3.05) is 0 Å². The number of thiophene rings is 1. The van der Waals surface area contributed by atoms with Gasteiger partial charge in [-0.2, -0.15) is 0 Å². The van der Waals surface area contributed by atoms with E-state index in [1.807, 2.05) is 59.9 Å². The van der Waals surface area contributed by atoms with E-state index in [1.54, 1.807) is 0 Å². The minimum atomic E-state index is 0.573. The first-order valence-corrected chi connectivity index (χ1v) is 16.5. The second-order valence-electron chi connectivity index (χ2n) is 12.0. The molecule has 0 saturated heterocycles. The van der Waals surface area contributed by atoms with Crippen molar-refractivity contribution >= 4 is 64.7 Å². The Kier molecular flexibility index (Phi) is 6.44. The summed E-state index contributed by atoms with van der Waals surface area (Å²) in [6.07, 6.45) is 0. The second-order valence-corrected chi connectivity index (χ2v) is 13.1. The molecule has 0 saturated carbocycles. The van der Waals surface area contributed by atoms with Crippen LogP contribution in [-0.2, 0) is 0 Å². The van der Waals surface area contributed by atoms with Gasteiger partial charge in [0.05, 0.1) is 24.2 Å². The van der Waals surface area contributed by atoms with E-state index in [-0.39, 0.29) is 0 Å². The molecular weight excluding hydrogens is 603 g/mol. The Bertz CT molecular complexity index is 2810. The Hall–Kier alpha value is -6.46. The van der Waals surface area contributed by atoms with Gasteiger partial charge in [-0.1, -0.05) is 78.9 Å². The van der Waals surface area contributed by atoms with Crippen molar-refractivity contribution in [3.05, 3.63) is 174 Å². The fourth-order valence-electron chi connectivity index (χ4n) is 6.93. The number of benzene rings is 7. The van der Waals surface area contributed by atoms with Crippen LogP contribution in [0, 0.1) is 13.1 Å². The highest BCUT2D eigenvalue weighted by Crippen LogP contribution is 2.41. The van der Waals surface area contributed by atoms with Crippen molar-refractivity contribution in [1.29, 1.82) is 0 Å². The molecule has 7 aromatic carbocycles. The molecule has 0 aliphatic carbocycles. The Morgan fingerprint density at radius 3 is 1.85 bits per heavy atom. The van der Waals surface area contributed by atoms with Crippen molar-refractivity contribution in [1.82, 2.24) is 4.57 Å². The van der Waals surface area contributed by atoms with E-state index in [2.05, 4.69) is 117 Å². The molecule has 4 heteroatoms. The Balaban J connectivity index is 1.28. The molecule has 222 valence electrons. The van der Waals surface area contributed by atoms with Gasteiger partial charge in [-0.05, 0) is 112 Å². The van der Waals surface area contributed by atoms with E-state index in [4.69, 9.17) is 13.1 Å². The zero-order valence-corrected chi connectivity index (χ0v) is 26.5. The van der Waals surface area contributed by atoms with Crippen molar-refractivity contribution in [2.45, 2.75) is 0 Å². The molecule has 48 heavy (non-hydrogen) atoms. The molecule has 0 bridgehead atoms. The normalized spacial score (nSPS) is 11.3. The average molecular weight is 628 g/mol. The van der Waals surface area contributed by atoms with E-state index < -0.39 is 0 Å². The SMILES string of the molecule is [C-]#[N+]c1cc(-c2cc(-c3ccccc3)cc(-c3ccc4sc5ccccc5c4c3)c2)cc(-n2c3ccccc3c3cc([N+]#[C-])ccc32)c1. The molecule has 9 rings (SSSR count). The van der Waals surface area contributed by atoms with Gasteiger partial charge in [0, 0.05) is 31.2 Å². The predicted molar refractivity (Wildman–Crippen MR) is 203 cm³/mol. The van der Waals surface area contributed by atoms with Gasteiger partial charge >= 0.3 is 0 Å². The Labute approximate surface area is 281 Å². The summed E-state index contributed by atoms with van der Waals surface area (Å²) in [5, 5.41) is 4.66. The average Bonchev–Trinajstić information content (AvgIpc) is 3.69. The van der Waals surface area contributed by atoms with E-state index in [0.29, 0.717) is 11.4 Å². The van der Waals surface area contributed by atoms with E-state index >= 15 is 0 Å². The molecule has 9 aromatic rings. The summed E-state index contributed by atoms with van der Waals surface area (Å²) in [6, 6.07) is 52.9. The van der Waals surface area contributed by atoms with Crippen LogP contribution in [0.15, 0.2) is 152 Å². The molecule has 0 unspecified atom stereocenters. The van der Waals surface area contributed by atoms with Crippen LogP contribution in [0.25, 0.3) is 90.7 Å². The molecular formula is C44H25N3S. The van der Waals surface area contributed by atoms with E-state index in [9.17, 15) is 0 Å². The van der Waals surface area contributed by atoms with Crippen LogP contribution in [0.5, 0.6) is 0 Å². The summed E-state index contributed by atoms with van der Waals surface area (Å²) >= 11 is 1.83. The third kappa shape index (κ3) is 4.56. The lowest BCUT2D eigenvalue weighted by Crippen LogP contribution is -1.95. The number of rotatable bonds is 4. The van der Waals surface area contributed by atoms with Crippen molar-refractivity contribution < 1.29 is 0 Å². The third-order valence-electron chi connectivity index (χ3n) is 9.16. The molecule has 0 aliphatic heterocycles. The standard InChI is InChI=1S/C44H25N3S/c1-45-34-17-18-42-39(27-34)37-12-6-8-14-41(37)47(42)36-24-33(23-35(26-36)46-2)32-21-30(28-10-4-3-5-11-28)20-31(22-32)29-16-19-44-40(25-29)38-13-7-9-15-43(38)48-44/h3-27H. The molecule has 0 aliphatic rings. The second kappa shape index (κ2) is 11.1.